The van der Waals surface area contributed by atoms with Gasteiger partial charge in [-0.3, -0.25) is 9.59 Å². The van der Waals surface area contributed by atoms with Gasteiger partial charge in [0.2, 0.25) is 5.43 Å². The van der Waals surface area contributed by atoms with Crippen LogP contribution in [0.4, 0.5) is 0 Å². The number of H-pyrrole nitrogens is 1. The van der Waals surface area contributed by atoms with Crippen molar-refractivity contribution in [3.05, 3.63) is 45.7 Å². The van der Waals surface area contributed by atoms with E-state index in [0.717, 1.165) is 5.56 Å². The first-order valence-corrected chi connectivity index (χ1v) is 9.21. The highest BCUT2D eigenvalue weighted by atomic mass is 32.2. The number of aromatic nitrogens is 1. The first-order valence-electron chi connectivity index (χ1n) is 7.39. The van der Waals surface area contributed by atoms with Gasteiger partial charge >= 0.3 is 0 Å². The van der Waals surface area contributed by atoms with Crippen molar-refractivity contribution in [2.75, 3.05) is 18.6 Å². The Morgan fingerprint density at radius 3 is 2.74 bits per heavy atom. The molecule has 1 fully saturated rings. The lowest BCUT2D eigenvalue weighted by Crippen LogP contribution is -2.39. The van der Waals surface area contributed by atoms with E-state index in [4.69, 9.17) is 0 Å². The van der Waals surface area contributed by atoms with E-state index < -0.39 is 15.7 Å². The molecule has 2 aromatic rings. The number of para-hydroxylation sites is 1. The van der Waals surface area contributed by atoms with Gasteiger partial charge in [0.15, 0.2) is 9.84 Å². The summed E-state index contributed by atoms with van der Waals surface area (Å²) in [7, 11) is -1.54. The molecule has 0 saturated carbocycles. The van der Waals surface area contributed by atoms with Crippen LogP contribution < -0.4 is 5.43 Å². The molecule has 0 spiro atoms. The Kier molecular flexibility index (Phi) is 3.75. The second-order valence-electron chi connectivity index (χ2n) is 6.00. The number of hydrogen-bond acceptors (Lipinski definition) is 4. The van der Waals surface area contributed by atoms with Crippen LogP contribution in [0.3, 0.4) is 0 Å². The maximum atomic E-state index is 12.6. The van der Waals surface area contributed by atoms with Crippen molar-refractivity contribution in [2.24, 2.45) is 0 Å². The number of sulfone groups is 1. The number of aryl methyl sites for hydroxylation is 1. The molecule has 1 unspecified atom stereocenters. The van der Waals surface area contributed by atoms with Gasteiger partial charge < -0.3 is 9.88 Å². The first-order chi connectivity index (χ1) is 10.8. The van der Waals surface area contributed by atoms with Crippen LogP contribution in [0.1, 0.15) is 22.3 Å². The Bertz CT molecular complexity index is 946. The smallest absolute Gasteiger partial charge is 0.259 e. The fraction of sp³-hybridized carbons (Fsp3) is 0.375. The highest BCUT2D eigenvalue weighted by Crippen LogP contribution is 2.19. The molecule has 23 heavy (non-hydrogen) atoms. The molecule has 7 heteroatoms. The third-order valence-electron chi connectivity index (χ3n) is 4.43. The third-order valence-corrected chi connectivity index (χ3v) is 6.18. The number of aromatic amines is 1. The minimum absolute atomic E-state index is 0.0369. The monoisotopic (exact) mass is 334 g/mol. The number of nitrogens with one attached hydrogen (secondary N) is 1. The molecule has 6 nitrogen and oxygen atoms in total. The number of hydrogen-bond donors (Lipinski definition) is 1. The summed E-state index contributed by atoms with van der Waals surface area (Å²) in [5.74, 6) is -0.403. The van der Waals surface area contributed by atoms with Gasteiger partial charge in [0.1, 0.15) is 5.56 Å². The van der Waals surface area contributed by atoms with Crippen molar-refractivity contribution in [3.63, 3.8) is 0 Å². The number of carbonyl (C=O) groups excluding carboxylic acids is 1. The Morgan fingerprint density at radius 1 is 1.35 bits per heavy atom. The largest absolute Gasteiger partial charge is 0.360 e. The van der Waals surface area contributed by atoms with Gasteiger partial charge in [0, 0.05) is 24.7 Å². The van der Waals surface area contributed by atoms with E-state index in [9.17, 15) is 18.0 Å². The maximum absolute atomic E-state index is 12.6. The SMILES string of the molecule is Cc1cccc2c(=O)c(C(=O)N(C)C3CCS(=O)(=O)C3)c[nH]c12. The summed E-state index contributed by atoms with van der Waals surface area (Å²) >= 11 is 0. The zero-order chi connectivity index (χ0) is 16.8. The van der Waals surface area contributed by atoms with E-state index in [0.29, 0.717) is 17.3 Å². The zero-order valence-corrected chi connectivity index (χ0v) is 13.8. The van der Waals surface area contributed by atoms with E-state index in [2.05, 4.69) is 4.98 Å². The summed E-state index contributed by atoms with van der Waals surface area (Å²) in [6, 6.07) is 4.96. The Morgan fingerprint density at radius 2 is 2.09 bits per heavy atom. The molecule has 1 atom stereocenters. The molecule has 1 amide bonds. The van der Waals surface area contributed by atoms with E-state index in [1.165, 1.54) is 11.1 Å². The quantitative estimate of drug-likeness (QED) is 0.891. The summed E-state index contributed by atoms with van der Waals surface area (Å²) in [6.45, 7) is 1.88. The number of benzene rings is 1. The molecule has 1 aliphatic heterocycles. The van der Waals surface area contributed by atoms with Gasteiger partial charge in [-0.25, -0.2) is 8.42 Å². The molecule has 1 N–H and O–H groups in total. The van der Waals surface area contributed by atoms with Gasteiger partial charge in [-0.1, -0.05) is 12.1 Å². The van der Waals surface area contributed by atoms with Crippen LogP contribution >= 0.6 is 0 Å². The molecule has 1 aromatic heterocycles. The zero-order valence-electron chi connectivity index (χ0n) is 13.0. The molecular formula is C16H18N2O4S. The molecular weight excluding hydrogens is 316 g/mol. The van der Waals surface area contributed by atoms with Crippen LogP contribution in [0.15, 0.2) is 29.2 Å². The molecule has 1 aromatic carbocycles. The average Bonchev–Trinajstić information content (AvgIpc) is 2.87. The van der Waals surface area contributed by atoms with E-state index in [1.54, 1.807) is 19.2 Å². The molecule has 0 radical (unpaired) electrons. The highest BCUT2D eigenvalue weighted by Gasteiger charge is 2.33. The lowest BCUT2D eigenvalue weighted by molar-refractivity contribution is 0.0746. The van der Waals surface area contributed by atoms with Crippen LogP contribution in [0.2, 0.25) is 0 Å². The second kappa shape index (κ2) is 5.49. The van der Waals surface area contributed by atoms with E-state index >= 15 is 0 Å². The molecule has 0 bridgehead atoms. The fourth-order valence-corrected chi connectivity index (χ4v) is 4.77. The van der Waals surface area contributed by atoms with Gasteiger partial charge in [-0.05, 0) is 25.0 Å². The Balaban J connectivity index is 1.99. The van der Waals surface area contributed by atoms with Crippen molar-refractivity contribution >= 4 is 26.6 Å². The third kappa shape index (κ3) is 2.76. The van der Waals surface area contributed by atoms with Crippen molar-refractivity contribution in [1.29, 1.82) is 0 Å². The molecule has 3 rings (SSSR count). The fourth-order valence-electron chi connectivity index (χ4n) is 3.00. The topological polar surface area (TPSA) is 87.3 Å². The number of pyridine rings is 1. The van der Waals surface area contributed by atoms with Crippen molar-refractivity contribution in [3.8, 4) is 0 Å². The summed E-state index contributed by atoms with van der Waals surface area (Å²) in [6.07, 6.45) is 1.83. The Labute approximate surface area is 134 Å². The van der Waals surface area contributed by atoms with E-state index in [-0.39, 0.29) is 28.5 Å². The van der Waals surface area contributed by atoms with Crippen LogP contribution in [0.25, 0.3) is 10.9 Å². The maximum Gasteiger partial charge on any atom is 0.259 e. The number of rotatable bonds is 2. The minimum Gasteiger partial charge on any atom is -0.360 e. The van der Waals surface area contributed by atoms with E-state index in [1.807, 2.05) is 13.0 Å². The number of nitrogens with zero attached hydrogens (tertiary/aromatic N) is 1. The molecule has 2 heterocycles. The lowest BCUT2D eigenvalue weighted by Gasteiger charge is -2.23. The molecule has 122 valence electrons. The molecule has 0 aliphatic carbocycles. The minimum atomic E-state index is -3.09. The number of fused-ring (bicyclic) bond motifs is 1. The van der Waals surface area contributed by atoms with Crippen LogP contribution in [0.5, 0.6) is 0 Å². The van der Waals surface area contributed by atoms with Crippen molar-refractivity contribution < 1.29 is 13.2 Å². The number of amides is 1. The summed E-state index contributed by atoms with van der Waals surface area (Å²) in [5.41, 5.74) is 1.34. The van der Waals surface area contributed by atoms with Gasteiger partial charge in [-0.2, -0.15) is 0 Å². The van der Waals surface area contributed by atoms with Gasteiger partial charge in [0.05, 0.1) is 17.0 Å². The molecule has 1 saturated heterocycles. The van der Waals surface area contributed by atoms with Crippen molar-refractivity contribution in [1.82, 2.24) is 9.88 Å². The molecule has 1 aliphatic rings. The van der Waals surface area contributed by atoms with Gasteiger partial charge in [0.25, 0.3) is 5.91 Å². The van der Waals surface area contributed by atoms with Crippen LogP contribution in [-0.2, 0) is 9.84 Å². The second-order valence-corrected chi connectivity index (χ2v) is 8.23. The summed E-state index contributed by atoms with van der Waals surface area (Å²) in [5, 5.41) is 0.461. The summed E-state index contributed by atoms with van der Waals surface area (Å²) in [4.78, 5) is 29.6. The summed E-state index contributed by atoms with van der Waals surface area (Å²) < 4.78 is 23.2. The Hall–Kier alpha value is -2.15. The van der Waals surface area contributed by atoms with Crippen LogP contribution in [0, 0.1) is 6.92 Å². The lowest BCUT2D eigenvalue weighted by atomic mass is 10.1. The predicted molar refractivity (Wildman–Crippen MR) is 88.5 cm³/mol. The normalized spacial score (nSPS) is 19.8. The van der Waals surface area contributed by atoms with Gasteiger partial charge in [-0.15, -0.1) is 0 Å². The standard InChI is InChI=1S/C16H18N2O4S/c1-10-4-3-5-12-14(10)17-8-13(15(12)19)16(20)18(2)11-6-7-23(21,22)9-11/h3-5,8,11H,6-7,9H2,1-2H3,(H,17,19). The first kappa shape index (κ1) is 15.7. The van der Waals surface area contributed by atoms with Crippen molar-refractivity contribution in [2.45, 2.75) is 19.4 Å². The number of carbonyl (C=O) groups is 1. The average molecular weight is 334 g/mol. The highest BCUT2D eigenvalue weighted by molar-refractivity contribution is 7.91. The predicted octanol–water partition coefficient (Wildman–Crippen LogP) is 1.10. The van der Waals surface area contributed by atoms with Crippen LogP contribution in [-0.4, -0.2) is 48.8 Å².